The van der Waals surface area contributed by atoms with E-state index < -0.39 is 16.2 Å². The Morgan fingerprint density at radius 2 is 1.97 bits per heavy atom. The molecule has 0 saturated heterocycles. The Hall–Kier alpha value is -4.31. The van der Waals surface area contributed by atoms with Crippen molar-refractivity contribution in [1.82, 2.24) is 14.6 Å². The molecule has 0 saturated carbocycles. The minimum Gasteiger partial charge on any atom is -0.438 e. The van der Waals surface area contributed by atoms with Gasteiger partial charge in [-0.05, 0) is 30.3 Å². The van der Waals surface area contributed by atoms with E-state index >= 15 is 0 Å². The van der Waals surface area contributed by atoms with Crippen LogP contribution in [0.15, 0.2) is 75.5 Å². The predicted molar refractivity (Wildman–Crippen MR) is 114 cm³/mol. The smallest absolute Gasteiger partial charge is 0.349 e. The fourth-order valence-corrected chi connectivity index (χ4v) is 2.93. The molecule has 10 nitrogen and oxygen atoms in total. The number of benzene rings is 2. The fraction of sp³-hybridized carbons (Fsp3) is 0. The molecule has 0 amide bonds. The van der Waals surface area contributed by atoms with Crippen molar-refractivity contribution < 1.29 is 9.66 Å². The minimum atomic E-state index is -0.707. The number of H-pyrrole nitrogens is 1. The third kappa shape index (κ3) is 4.19. The van der Waals surface area contributed by atoms with Gasteiger partial charge in [0.2, 0.25) is 5.88 Å². The van der Waals surface area contributed by atoms with Gasteiger partial charge in [-0.1, -0.05) is 23.7 Å². The maximum Gasteiger partial charge on any atom is 0.349 e. The molecule has 4 aromatic rings. The zero-order valence-electron chi connectivity index (χ0n) is 15.6. The van der Waals surface area contributed by atoms with Crippen molar-refractivity contribution in [3.63, 3.8) is 0 Å². The molecule has 2 aromatic heterocycles. The SMILES string of the molecule is O=c1[nH]c2ccccc2c(=O)n1N=Cc1cc(Cl)ccc1Oc1ccc([N+](=O)[O-])cn1. The average Bonchev–Trinajstić information content (AvgIpc) is 2.75. The van der Waals surface area contributed by atoms with Crippen LogP contribution in [0.3, 0.4) is 0 Å². The van der Waals surface area contributed by atoms with Gasteiger partial charge in [-0.15, -0.1) is 4.68 Å². The summed E-state index contributed by atoms with van der Waals surface area (Å²) in [4.78, 5) is 41.5. The molecule has 0 aliphatic carbocycles. The number of aromatic amines is 1. The predicted octanol–water partition coefficient (Wildman–Crippen LogP) is 3.32. The van der Waals surface area contributed by atoms with Gasteiger partial charge in [0, 0.05) is 22.7 Å². The number of hydrogen-bond acceptors (Lipinski definition) is 7. The second-order valence-electron chi connectivity index (χ2n) is 6.23. The lowest BCUT2D eigenvalue weighted by Crippen LogP contribution is -2.32. The van der Waals surface area contributed by atoms with Crippen molar-refractivity contribution >= 4 is 34.4 Å². The first-order valence-electron chi connectivity index (χ1n) is 8.78. The molecule has 0 spiro atoms. The Morgan fingerprint density at radius 3 is 2.71 bits per heavy atom. The highest BCUT2D eigenvalue weighted by Gasteiger charge is 2.10. The molecular formula is C20H12ClN5O5. The van der Waals surface area contributed by atoms with Gasteiger partial charge < -0.3 is 9.72 Å². The number of nitrogens with zero attached hydrogens (tertiary/aromatic N) is 4. The zero-order valence-corrected chi connectivity index (χ0v) is 16.3. The Kier molecular flexibility index (Phi) is 5.29. The van der Waals surface area contributed by atoms with Gasteiger partial charge in [0.05, 0.1) is 22.0 Å². The van der Waals surface area contributed by atoms with Crippen LogP contribution in [0.2, 0.25) is 5.02 Å². The zero-order chi connectivity index (χ0) is 22.0. The van der Waals surface area contributed by atoms with Crippen LogP contribution in [0.4, 0.5) is 5.69 Å². The van der Waals surface area contributed by atoms with E-state index in [2.05, 4.69) is 15.1 Å². The first kappa shape index (κ1) is 20.0. The van der Waals surface area contributed by atoms with Gasteiger partial charge in [-0.25, -0.2) is 9.78 Å². The van der Waals surface area contributed by atoms with E-state index in [1.54, 1.807) is 36.4 Å². The molecular weight excluding hydrogens is 426 g/mol. The summed E-state index contributed by atoms with van der Waals surface area (Å²) < 4.78 is 6.35. The fourth-order valence-electron chi connectivity index (χ4n) is 2.74. The van der Waals surface area contributed by atoms with Crippen molar-refractivity contribution in [3.05, 3.63) is 102 Å². The van der Waals surface area contributed by atoms with Crippen molar-refractivity contribution in [2.75, 3.05) is 0 Å². The highest BCUT2D eigenvalue weighted by molar-refractivity contribution is 6.30. The molecule has 11 heteroatoms. The Bertz CT molecular complexity index is 1440. The number of para-hydroxylation sites is 1. The summed E-state index contributed by atoms with van der Waals surface area (Å²) in [5, 5.41) is 15.4. The molecule has 2 heterocycles. The monoisotopic (exact) mass is 437 g/mol. The van der Waals surface area contributed by atoms with Crippen LogP contribution in [0.1, 0.15) is 5.56 Å². The van der Waals surface area contributed by atoms with E-state index in [0.717, 1.165) is 6.20 Å². The second kappa shape index (κ2) is 8.20. The van der Waals surface area contributed by atoms with Gasteiger partial charge >= 0.3 is 5.69 Å². The number of halogens is 1. The molecule has 0 radical (unpaired) electrons. The third-order valence-corrected chi connectivity index (χ3v) is 4.45. The van der Waals surface area contributed by atoms with Crippen molar-refractivity contribution in [3.8, 4) is 11.6 Å². The number of aromatic nitrogens is 3. The van der Waals surface area contributed by atoms with Crippen LogP contribution in [-0.2, 0) is 0 Å². The average molecular weight is 438 g/mol. The lowest BCUT2D eigenvalue weighted by molar-refractivity contribution is -0.385. The standard InChI is InChI=1S/C20H12ClN5O5/c21-13-5-7-17(31-18-8-6-14(11-22-18)26(29)30)12(9-13)10-23-25-19(27)15-3-1-2-4-16(15)24-20(25)28/h1-11H,(H,24,28). The largest absolute Gasteiger partial charge is 0.438 e. The van der Waals surface area contributed by atoms with Crippen molar-refractivity contribution in [2.24, 2.45) is 5.10 Å². The van der Waals surface area contributed by atoms with E-state index in [9.17, 15) is 19.7 Å². The number of pyridine rings is 1. The highest BCUT2D eigenvalue weighted by Crippen LogP contribution is 2.26. The van der Waals surface area contributed by atoms with E-state index in [-0.39, 0.29) is 17.3 Å². The first-order chi connectivity index (χ1) is 14.9. The van der Waals surface area contributed by atoms with E-state index in [1.165, 1.54) is 24.4 Å². The Labute approximate surface area is 178 Å². The number of hydrogen-bond donors (Lipinski definition) is 1. The molecule has 0 unspecified atom stereocenters. The van der Waals surface area contributed by atoms with Crippen LogP contribution < -0.4 is 16.0 Å². The molecule has 0 atom stereocenters. The lowest BCUT2D eigenvalue weighted by Gasteiger charge is -2.08. The second-order valence-corrected chi connectivity index (χ2v) is 6.67. The van der Waals surface area contributed by atoms with Gasteiger partial charge in [-0.2, -0.15) is 5.10 Å². The molecule has 154 valence electrons. The summed E-state index contributed by atoms with van der Waals surface area (Å²) in [6.07, 6.45) is 2.31. The minimum absolute atomic E-state index is 0.100. The molecule has 0 aliphatic heterocycles. The summed E-state index contributed by atoms with van der Waals surface area (Å²) >= 11 is 6.05. The van der Waals surface area contributed by atoms with Crippen molar-refractivity contribution in [2.45, 2.75) is 0 Å². The quantitative estimate of drug-likeness (QED) is 0.289. The van der Waals surface area contributed by atoms with Crippen molar-refractivity contribution in [1.29, 1.82) is 0 Å². The molecule has 0 bridgehead atoms. The third-order valence-electron chi connectivity index (χ3n) is 4.21. The Morgan fingerprint density at radius 1 is 1.16 bits per heavy atom. The van der Waals surface area contributed by atoms with Crippen LogP contribution in [-0.4, -0.2) is 25.8 Å². The number of ether oxygens (including phenoxy) is 1. The summed E-state index contributed by atoms with van der Waals surface area (Å²) in [6, 6.07) is 13.8. The highest BCUT2D eigenvalue weighted by atomic mass is 35.5. The molecule has 0 aliphatic rings. The van der Waals surface area contributed by atoms with Gasteiger partial charge in [0.15, 0.2) is 0 Å². The van der Waals surface area contributed by atoms with Gasteiger partial charge in [0.1, 0.15) is 11.9 Å². The van der Waals surface area contributed by atoms with Crippen LogP contribution in [0.5, 0.6) is 11.6 Å². The normalized spacial score (nSPS) is 11.1. The number of fused-ring (bicyclic) bond motifs is 1. The van der Waals surface area contributed by atoms with Crippen LogP contribution in [0, 0.1) is 10.1 Å². The number of rotatable bonds is 5. The van der Waals surface area contributed by atoms with Gasteiger partial charge in [0.25, 0.3) is 11.2 Å². The van der Waals surface area contributed by atoms with Gasteiger partial charge in [-0.3, -0.25) is 14.9 Å². The first-order valence-corrected chi connectivity index (χ1v) is 9.16. The molecule has 2 aromatic carbocycles. The van der Waals surface area contributed by atoms with E-state index in [1.807, 2.05) is 0 Å². The Balaban J connectivity index is 1.71. The summed E-state index contributed by atoms with van der Waals surface area (Å²) in [5.41, 5.74) is -0.717. The summed E-state index contributed by atoms with van der Waals surface area (Å²) in [6.45, 7) is 0. The molecule has 4 rings (SSSR count). The molecule has 1 N–H and O–H groups in total. The lowest BCUT2D eigenvalue weighted by atomic mass is 10.2. The summed E-state index contributed by atoms with van der Waals surface area (Å²) in [7, 11) is 0. The summed E-state index contributed by atoms with van der Waals surface area (Å²) in [5.74, 6) is 0.364. The van der Waals surface area contributed by atoms with Crippen LogP contribution in [0.25, 0.3) is 10.9 Å². The number of nitrogens with one attached hydrogen (secondary N) is 1. The molecule has 31 heavy (non-hydrogen) atoms. The molecule has 0 fully saturated rings. The van der Waals surface area contributed by atoms with Crippen LogP contribution >= 0.6 is 11.6 Å². The number of nitro groups is 1. The van der Waals surface area contributed by atoms with E-state index in [4.69, 9.17) is 16.3 Å². The maximum absolute atomic E-state index is 12.6. The van der Waals surface area contributed by atoms with E-state index in [0.29, 0.717) is 26.2 Å². The topological polar surface area (TPSA) is 132 Å². The maximum atomic E-state index is 12.6.